The summed E-state index contributed by atoms with van der Waals surface area (Å²) in [6, 6.07) is 10.3. The highest BCUT2D eigenvalue weighted by atomic mass is 35.5. The Morgan fingerprint density at radius 2 is 1.74 bits per heavy atom. The van der Waals surface area contributed by atoms with Crippen LogP contribution >= 0.6 is 46.1 Å². The van der Waals surface area contributed by atoms with Gasteiger partial charge in [-0.05, 0) is 24.3 Å². The molecule has 0 aliphatic rings. The van der Waals surface area contributed by atoms with Crippen LogP contribution in [-0.2, 0) is 0 Å². The Kier molecular flexibility index (Phi) is 4.82. The Morgan fingerprint density at radius 1 is 1.00 bits per heavy atom. The van der Waals surface area contributed by atoms with E-state index in [2.05, 4.69) is 15.3 Å². The molecule has 4 nitrogen and oxygen atoms in total. The molecule has 0 spiro atoms. The molecule has 2 heterocycles. The highest BCUT2D eigenvalue weighted by molar-refractivity contribution is 7.14. The lowest BCUT2D eigenvalue weighted by atomic mass is 10.2. The third-order valence-corrected chi connectivity index (χ3v) is 4.42. The number of halogens is 3. The molecule has 0 fully saturated rings. The molecule has 0 saturated carbocycles. The minimum Gasteiger partial charge on any atom is -0.296 e. The minimum absolute atomic E-state index is 0.0578. The Hall–Kier alpha value is -1.66. The molecule has 23 heavy (non-hydrogen) atoms. The molecule has 3 rings (SSSR count). The number of hydrogen-bond donors (Lipinski definition) is 1. The molecule has 116 valence electrons. The largest absolute Gasteiger partial charge is 0.296 e. The van der Waals surface area contributed by atoms with Crippen LogP contribution in [0.3, 0.4) is 0 Å². The lowest BCUT2D eigenvalue weighted by Gasteiger charge is -2.03. The number of thiazole rings is 1. The lowest BCUT2D eigenvalue weighted by Crippen LogP contribution is -2.14. The van der Waals surface area contributed by atoms with Gasteiger partial charge in [-0.3, -0.25) is 10.1 Å². The smallest absolute Gasteiger partial charge is 0.277 e. The second-order valence-electron chi connectivity index (χ2n) is 4.46. The average molecular weight is 385 g/mol. The Labute approximate surface area is 151 Å². The predicted octanol–water partition coefficient (Wildman–Crippen LogP) is 5.42. The Morgan fingerprint density at radius 3 is 2.48 bits per heavy atom. The van der Waals surface area contributed by atoms with E-state index < -0.39 is 5.91 Å². The first-order valence-corrected chi connectivity index (χ1v) is 8.39. The van der Waals surface area contributed by atoms with Gasteiger partial charge in [0.15, 0.2) is 5.13 Å². The molecular formula is C15H8Cl3N3OS. The van der Waals surface area contributed by atoms with Gasteiger partial charge >= 0.3 is 0 Å². The molecule has 0 radical (unpaired) electrons. The van der Waals surface area contributed by atoms with Crippen molar-refractivity contribution in [2.45, 2.75) is 0 Å². The van der Waals surface area contributed by atoms with Gasteiger partial charge in [0.25, 0.3) is 5.91 Å². The van der Waals surface area contributed by atoms with Crippen molar-refractivity contribution in [2.24, 2.45) is 0 Å². The zero-order chi connectivity index (χ0) is 16.4. The second-order valence-corrected chi connectivity index (χ2v) is 6.55. The molecule has 0 bridgehead atoms. The van der Waals surface area contributed by atoms with Crippen LogP contribution in [0, 0.1) is 0 Å². The Bertz CT molecular complexity index is 865. The average Bonchev–Trinajstić information content (AvgIpc) is 2.99. The van der Waals surface area contributed by atoms with E-state index in [1.807, 2.05) is 17.5 Å². The summed E-state index contributed by atoms with van der Waals surface area (Å²) < 4.78 is 0. The van der Waals surface area contributed by atoms with Crippen molar-refractivity contribution in [3.63, 3.8) is 0 Å². The van der Waals surface area contributed by atoms with Crippen LogP contribution in [0.5, 0.6) is 0 Å². The topological polar surface area (TPSA) is 54.9 Å². The zero-order valence-electron chi connectivity index (χ0n) is 11.4. The molecule has 8 heteroatoms. The van der Waals surface area contributed by atoms with E-state index in [0.717, 1.165) is 11.3 Å². The van der Waals surface area contributed by atoms with Gasteiger partial charge in [-0.1, -0.05) is 46.9 Å². The van der Waals surface area contributed by atoms with Gasteiger partial charge in [-0.15, -0.1) is 11.3 Å². The summed E-state index contributed by atoms with van der Waals surface area (Å²) >= 11 is 18.9. The standard InChI is InChI=1S/C15H8Cl3N3OS/c16-9-3-1-8(2-4-9)11-7-23-15(19-11)21-14(22)13-10(17)5-6-12(18)20-13/h1-7H,(H,19,21,22). The van der Waals surface area contributed by atoms with Crippen molar-refractivity contribution in [1.82, 2.24) is 9.97 Å². The second kappa shape index (κ2) is 6.84. The van der Waals surface area contributed by atoms with Crippen LogP contribution in [0.25, 0.3) is 11.3 Å². The van der Waals surface area contributed by atoms with Crippen LogP contribution in [0.15, 0.2) is 41.8 Å². The summed E-state index contributed by atoms with van der Waals surface area (Å²) in [4.78, 5) is 20.5. The van der Waals surface area contributed by atoms with E-state index in [4.69, 9.17) is 34.8 Å². The van der Waals surface area contributed by atoms with Crippen molar-refractivity contribution in [2.75, 3.05) is 5.32 Å². The molecule has 2 aromatic heterocycles. The molecule has 1 aromatic carbocycles. The SMILES string of the molecule is O=C(Nc1nc(-c2ccc(Cl)cc2)cs1)c1nc(Cl)ccc1Cl. The number of carbonyl (C=O) groups excluding carboxylic acids is 1. The molecule has 1 amide bonds. The van der Waals surface area contributed by atoms with Crippen LogP contribution in [0.2, 0.25) is 15.2 Å². The van der Waals surface area contributed by atoms with Gasteiger partial charge in [-0.2, -0.15) is 0 Å². The van der Waals surface area contributed by atoms with Gasteiger partial charge in [0, 0.05) is 16.0 Å². The summed E-state index contributed by atoms with van der Waals surface area (Å²) in [5.74, 6) is -0.463. The fourth-order valence-corrected chi connectivity index (χ4v) is 3.00. The maximum Gasteiger partial charge on any atom is 0.277 e. The number of benzene rings is 1. The number of hydrogen-bond acceptors (Lipinski definition) is 4. The first-order chi connectivity index (χ1) is 11.0. The number of amides is 1. The summed E-state index contributed by atoms with van der Waals surface area (Å²) in [5, 5.41) is 6.02. The maximum atomic E-state index is 12.2. The van der Waals surface area contributed by atoms with E-state index >= 15 is 0 Å². The van der Waals surface area contributed by atoms with E-state index in [0.29, 0.717) is 10.2 Å². The number of nitrogens with zero attached hydrogens (tertiary/aromatic N) is 2. The molecule has 0 aliphatic heterocycles. The van der Waals surface area contributed by atoms with Gasteiger partial charge in [0.1, 0.15) is 10.8 Å². The van der Waals surface area contributed by atoms with Crippen molar-refractivity contribution in [1.29, 1.82) is 0 Å². The molecule has 0 aliphatic carbocycles. The summed E-state index contributed by atoms with van der Waals surface area (Å²) in [5.41, 5.74) is 1.71. The van der Waals surface area contributed by atoms with Gasteiger partial charge in [0.2, 0.25) is 0 Å². The first-order valence-electron chi connectivity index (χ1n) is 6.38. The normalized spacial score (nSPS) is 10.6. The lowest BCUT2D eigenvalue weighted by molar-refractivity contribution is 0.102. The molecule has 0 unspecified atom stereocenters. The van der Waals surface area contributed by atoms with E-state index in [1.165, 1.54) is 23.5 Å². The van der Waals surface area contributed by atoms with E-state index in [1.54, 1.807) is 12.1 Å². The molecule has 1 N–H and O–H groups in total. The summed E-state index contributed by atoms with van der Waals surface area (Å²) in [7, 11) is 0. The number of pyridine rings is 1. The molecular weight excluding hydrogens is 377 g/mol. The third kappa shape index (κ3) is 3.82. The monoisotopic (exact) mass is 383 g/mol. The first kappa shape index (κ1) is 16.2. The van der Waals surface area contributed by atoms with Crippen molar-refractivity contribution >= 4 is 57.2 Å². The zero-order valence-corrected chi connectivity index (χ0v) is 14.5. The number of aromatic nitrogens is 2. The van der Waals surface area contributed by atoms with E-state index in [-0.39, 0.29) is 15.9 Å². The van der Waals surface area contributed by atoms with Gasteiger partial charge in [0.05, 0.1) is 10.7 Å². The number of anilines is 1. The van der Waals surface area contributed by atoms with Crippen LogP contribution in [0.1, 0.15) is 10.5 Å². The highest BCUT2D eigenvalue weighted by Gasteiger charge is 2.15. The van der Waals surface area contributed by atoms with Crippen LogP contribution in [-0.4, -0.2) is 15.9 Å². The highest BCUT2D eigenvalue weighted by Crippen LogP contribution is 2.26. The maximum absolute atomic E-state index is 12.2. The number of nitrogens with one attached hydrogen (secondary N) is 1. The number of carbonyl (C=O) groups is 1. The molecule has 0 saturated heterocycles. The van der Waals surface area contributed by atoms with Crippen molar-refractivity contribution < 1.29 is 4.79 Å². The fraction of sp³-hybridized carbons (Fsp3) is 0. The van der Waals surface area contributed by atoms with Crippen molar-refractivity contribution in [3.05, 3.63) is 62.7 Å². The summed E-state index contributed by atoms with van der Waals surface area (Å²) in [6.45, 7) is 0. The van der Waals surface area contributed by atoms with Crippen LogP contribution in [0.4, 0.5) is 5.13 Å². The molecule has 0 atom stereocenters. The summed E-state index contributed by atoms with van der Waals surface area (Å²) in [6.07, 6.45) is 0. The molecule has 3 aromatic rings. The van der Waals surface area contributed by atoms with Gasteiger partial charge < -0.3 is 0 Å². The number of rotatable bonds is 3. The fourth-order valence-electron chi connectivity index (χ4n) is 1.82. The van der Waals surface area contributed by atoms with Gasteiger partial charge in [-0.25, -0.2) is 9.97 Å². The minimum atomic E-state index is -0.463. The quantitative estimate of drug-likeness (QED) is 0.614. The third-order valence-electron chi connectivity index (χ3n) is 2.89. The van der Waals surface area contributed by atoms with Crippen LogP contribution < -0.4 is 5.32 Å². The van der Waals surface area contributed by atoms with Crippen molar-refractivity contribution in [3.8, 4) is 11.3 Å². The van der Waals surface area contributed by atoms with E-state index in [9.17, 15) is 4.79 Å². The predicted molar refractivity (Wildman–Crippen MR) is 94.8 cm³/mol. The Balaban J connectivity index is 1.80.